The van der Waals surface area contributed by atoms with Crippen molar-refractivity contribution in [3.05, 3.63) is 29.8 Å². The highest BCUT2D eigenvalue weighted by molar-refractivity contribution is 7.90. The molecule has 0 saturated heterocycles. The molecule has 0 aromatic heterocycles. The van der Waals surface area contributed by atoms with E-state index < -0.39 is 34.2 Å². The normalized spacial score (nSPS) is 21.3. The highest BCUT2D eigenvalue weighted by atomic mass is 32.2. The first-order valence-electron chi connectivity index (χ1n) is 5.70. The van der Waals surface area contributed by atoms with Crippen LogP contribution >= 0.6 is 0 Å². The summed E-state index contributed by atoms with van der Waals surface area (Å²) in [5.74, 6) is -2.97. The minimum Gasteiger partial charge on any atom is -0.274 e. The molecule has 1 aromatic carbocycles. The number of benzene rings is 1. The third kappa shape index (κ3) is 2.93. The number of nitrogens with one attached hydrogen (secondary N) is 1. The number of sulfonamides is 1. The molecule has 0 unspecified atom stereocenters. The molecule has 20 heavy (non-hydrogen) atoms. The van der Waals surface area contributed by atoms with E-state index in [0.717, 1.165) is 6.07 Å². The molecule has 1 fully saturated rings. The number of carbonyl (C=O) groups is 1. The van der Waals surface area contributed by atoms with Crippen molar-refractivity contribution in [3.63, 3.8) is 0 Å². The van der Waals surface area contributed by atoms with Gasteiger partial charge in [-0.05, 0) is 24.6 Å². The maximum absolute atomic E-state index is 12.3. The molecule has 5 nitrogen and oxygen atoms in total. The summed E-state index contributed by atoms with van der Waals surface area (Å²) in [6.45, 7) is 0. The number of nitriles is 1. The fraction of sp³-hybridized carbons (Fsp3) is 0.333. The molecule has 106 valence electrons. The van der Waals surface area contributed by atoms with Crippen LogP contribution in [0.1, 0.15) is 12.0 Å². The molecule has 2 atom stereocenters. The number of halogens is 2. The summed E-state index contributed by atoms with van der Waals surface area (Å²) in [5.41, 5.74) is 0.122. The molecule has 1 saturated carbocycles. The zero-order valence-corrected chi connectivity index (χ0v) is 10.9. The molecule has 1 aliphatic carbocycles. The quantitative estimate of drug-likeness (QED) is 0.907. The molecule has 0 radical (unpaired) electrons. The minimum absolute atomic E-state index is 0.0166. The van der Waals surface area contributed by atoms with Crippen LogP contribution in [0.3, 0.4) is 0 Å². The summed E-state index contributed by atoms with van der Waals surface area (Å²) in [4.78, 5) is 11.3. The molecule has 1 amide bonds. The Morgan fingerprint density at radius 1 is 1.45 bits per heavy atom. The first-order valence-corrected chi connectivity index (χ1v) is 7.18. The topological polar surface area (TPSA) is 87.0 Å². The van der Waals surface area contributed by atoms with Gasteiger partial charge in [0.2, 0.25) is 12.3 Å². The van der Waals surface area contributed by atoms with Gasteiger partial charge in [0.25, 0.3) is 10.0 Å². The van der Waals surface area contributed by atoms with E-state index in [1.807, 2.05) is 0 Å². The van der Waals surface area contributed by atoms with Crippen LogP contribution in [-0.2, 0) is 14.8 Å². The monoisotopic (exact) mass is 300 g/mol. The van der Waals surface area contributed by atoms with E-state index in [4.69, 9.17) is 5.26 Å². The van der Waals surface area contributed by atoms with Gasteiger partial charge in [0.05, 0.1) is 16.5 Å². The van der Waals surface area contributed by atoms with Crippen molar-refractivity contribution in [1.29, 1.82) is 5.26 Å². The lowest BCUT2D eigenvalue weighted by molar-refractivity contribution is -0.121. The summed E-state index contributed by atoms with van der Waals surface area (Å²) in [5, 5.41) is 8.69. The van der Waals surface area contributed by atoms with E-state index in [-0.39, 0.29) is 16.9 Å². The van der Waals surface area contributed by atoms with Gasteiger partial charge in [-0.1, -0.05) is 6.07 Å². The van der Waals surface area contributed by atoms with Gasteiger partial charge in [-0.25, -0.2) is 21.9 Å². The maximum Gasteiger partial charge on any atom is 0.264 e. The van der Waals surface area contributed by atoms with E-state index in [1.165, 1.54) is 18.2 Å². The maximum atomic E-state index is 12.3. The van der Waals surface area contributed by atoms with Crippen molar-refractivity contribution in [3.8, 4) is 6.07 Å². The average molecular weight is 300 g/mol. The second kappa shape index (κ2) is 5.17. The number of hydrogen-bond acceptors (Lipinski definition) is 4. The predicted octanol–water partition coefficient (Wildman–Crippen LogP) is 1.26. The number of rotatable bonds is 4. The Morgan fingerprint density at radius 2 is 2.15 bits per heavy atom. The predicted molar refractivity (Wildman–Crippen MR) is 64.1 cm³/mol. The van der Waals surface area contributed by atoms with Crippen LogP contribution in [0.25, 0.3) is 0 Å². The van der Waals surface area contributed by atoms with Crippen LogP contribution in [0, 0.1) is 23.2 Å². The van der Waals surface area contributed by atoms with E-state index in [9.17, 15) is 22.0 Å². The molecule has 1 N–H and O–H groups in total. The van der Waals surface area contributed by atoms with Crippen molar-refractivity contribution < 1.29 is 22.0 Å². The summed E-state index contributed by atoms with van der Waals surface area (Å²) in [6.07, 6.45) is -2.65. The first-order chi connectivity index (χ1) is 9.35. The van der Waals surface area contributed by atoms with E-state index in [2.05, 4.69) is 0 Å². The fourth-order valence-electron chi connectivity index (χ4n) is 1.79. The number of carbonyl (C=O) groups excluding carboxylic acids is 1. The summed E-state index contributed by atoms with van der Waals surface area (Å²) in [6, 6.07) is 6.86. The van der Waals surface area contributed by atoms with Crippen LogP contribution in [0.5, 0.6) is 0 Å². The standard InChI is InChI=1S/C12H10F2N2O3S/c13-11(14)9-5-10(9)12(17)16-20(18,19)8-3-1-2-7(4-8)6-15/h1-4,9-11H,5H2,(H,16,17)/t9-,10-/m0/s1. The molecule has 8 heteroatoms. The summed E-state index contributed by atoms with van der Waals surface area (Å²) in [7, 11) is -4.14. The van der Waals surface area contributed by atoms with Crippen molar-refractivity contribution in [1.82, 2.24) is 4.72 Å². The van der Waals surface area contributed by atoms with E-state index >= 15 is 0 Å². The number of amides is 1. The summed E-state index contributed by atoms with van der Waals surface area (Å²) >= 11 is 0. The molecular formula is C12H10F2N2O3S. The molecule has 2 rings (SSSR count). The SMILES string of the molecule is N#Cc1cccc(S(=O)(=O)NC(=O)[C@H]2C[C@@H]2C(F)F)c1. The smallest absolute Gasteiger partial charge is 0.264 e. The van der Waals surface area contributed by atoms with Gasteiger partial charge in [0, 0.05) is 11.8 Å². The van der Waals surface area contributed by atoms with Crippen LogP contribution in [-0.4, -0.2) is 20.8 Å². The summed E-state index contributed by atoms with van der Waals surface area (Å²) < 4.78 is 50.2. The van der Waals surface area contributed by atoms with Crippen molar-refractivity contribution >= 4 is 15.9 Å². The van der Waals surface area contributed by atoms with Gasteiger partial charge in [-0.15, -0.1) is 0 Å². The molecule has 1 aliphatic rings. The molecular weight excluding hydrogens is 290 g/mol. The Bertz CT molecular complexity index is 682. The van der Waals surface area contributed by atoms with E-state index in [0.29, 0.717) is 0 Å². The Labute approximate surface area is 114 Å². The minimum atomic E-state index is -4.14. The highest BCUT2D eigenvalue weighted by Crippen LogP contribution is 2.43. The number of hydrogen-bond donors (Lipinski definition) is 1. The largest absolute Gasteiger partial charge is 0.274 e. The van der Waals surface area contributed by atoms with Crippen LogP contribution in [0.15, 0.2) is 29.2 Å². The van der Waals surface area contributed by atoms with Crippen LogP contribution < -0.4 is 4.72 Å². The second-order valence-electron chi connectivity index (χ2n) is 4.45. The van der Waals surface area contributed by atoms with Gasteiger partial charge in [-0.3, -0.25) is 4.79 Å². The van der Waals surface area contributed by atoms with Gasteiger partial charge in [0.1, 0.15) is 0 Å². The molecule has 0 heterocycles. The Hall–Kier alpha value is -2.01. The average Bonchev–Trinajstić information content (AvgIpc) is 3.18. The van der Waals surface area contributed by atoms with Gasteiger partial charge in [0.15, 0.2) is 0 Å². The molecule has 0 aliphatic heterocycles. The lowest BCUT2D eigenvalue weighted by Crippen LogP contribution is -2.32. The Balaban J connectivity index is 2.12. The van der Waals surface area contributed by atoms with E-state index in [1.54, 1.807) is 10.8 Å². The fourth-order valence-corrected chi connectivity index (χ4v) is 2.87. The third-order valence-electron chi connectivity index (χ3n) is 3.01. The number of nitrogens with zero attached hydrogens (tertiary/aromatic N) is 1. The molecule has 0 bridgehead atoms. The number of alkyl halides is 2. The third-order valence-corrected chi connectivity index (χ3v) is 4.35. The second-order valence-corrected chi connectivity index (χ2v) is 6.13. The van der Waals surface area contributed by atoms with Crippen LogP contribution in [0.4, 0.5) is 8.78 Å². The van der Waals surface area contributed by atoms with Crippen LogP contribution in [0.2, 0.25) is 0 Å². The highest BCUT2D eigenvalue weighted by Gasteiger charge is 2.49. The van der Waals surface area contributed by atoms with Gasteiger partial charge < -0.3 is 0 Å². The van der Waals surface area contributed by atoms with Crippen molar-refractivity contribution in [2.24, 2.45) is 11.8 Å². The zero-order valence-electron chi connectivity index (χ0n) is 10.1. The van der Waals surface area contributed by atoms with Gasteiger partial charge in [-0.2, -0.15) is 5.26 Å². The lowest BCUT2D eigenvalue weighted by Gasteiger charge is -2.06. The lowest BCUT2D eigenvalue weighted by atomic mass is 10.2. The first kappa shape index (κ1) is 14.4. The van der Waals surface area contributed by atoms with Crippen molar-refractivity contribution in [2.45, 2.75) is 17.7 Å². The Kier molecular flexibility index (Phi) is 3.72. The van der Waals surface area contributed by atoms with Crippen molar-refractivity contribution in [2.75, 3.05) is 0 Å². The van der Waals surface area contributed by atoms with Gasteiger partial charge >= 0.3 is 0 Å². The Morgan fingerprint density at radius 3 is 2.70 bits per heavy atom. The molecule has 1 aromatic rings. The molecule has 0 spiro atoms. The zero-order chi connectivity index (χ0) is 14.9.